The van der Waals surface area contributed by atoms with E-state index >= 15 is 0 Å². The summed E-state index contributed by atoms with van der Waals surface area (Å²) in [5, 5.41) is 0. The molecule has 0 amide bonds. The first-order valence-corrected chi connectivity index (χ1v) is 6.67. The standard InChI is InChI=1S/C11H20F2N2.C2H6/c1-10(3-5-14(2)6-4-10)7-15-8-11(12,13)9-15;1-2/h3-9H2,1-2H3;1-2H3. The van der Waals surface area contributed by atoms with Gasteiger partial charge in [0.15, 0.2) is 0 Å². The van der Waals surface area contributed by atoms with E-state index in [4.69, 9.17) is 0 Å². The van der Waals surface area contributed by atoms with Crippen molar-refractivity contribution in [3.05, 3.63) is 0 Å². The van der Waals surface area contributed by atoms with Crippen LogP contribution in [-0.4, -0.2) is 55.5 Å². The van der Waals surface area contributed by atoms with Gasteiger partial charge in [-0.25, -0.2) is 8.78 Å². The average Bonchev–Trinajstić information content (AvgIpc) is 2.23. The van der Waals surface area contributed by atoms with Crippen molar-refractivity contribution < 1.29 is 8.78 Å². The third kappa shape index (κ3) is 4.18. The van der Waals surface area contributed by atoms with Gasteiger partial charge in [0.2, 0.25) is 0 Å². The Morgan fingerprint density at radius 1 is 1.06 bits per heavy atom. The number of hydrogen-bond acceptors (Lipinski definition) is 2. The highest BCUT2D eigenvalue weighted by molar-refractivity contribution is 4.92. The lowest BCUT2D eigenvalue weighted by molar-refractivity contribution is -0.142. The predicted octanol–water partition coefficient (Wildman–Crippen LogP) is 2.70. The van der Waals surface area contributed by atoms with Crippen molar-refractivity contribution in [1.82, 2.24) is 9.80 Å². The van der Waals surface area contributed by atoms with Gasteiger partial charge in [-0.3, -0.25) is 4.90 Å². The molecule has 102 valence electrons. The van der Waals surface area contributed by atoms with Crippen molar-refractivity contribution in [2.75, 3.05) is 39.8 Å². The van der Waals surface area contributed by atoms with Crippen molar-refractivity contribution in [1.29, 1.82) is 0 Å². The number of piperidine rings is 1. The van der Waals surface area contributed by atoms with Crippen LogP contribution in [0.5, 0.6) is 0 Å². The van der Waals surface area contributed by atoms with Gasteiger partial charge in [0, 0.05) is 6.54 Å². The molecule has 0 N–H and O–H groups in total. The van der Waals surface area contributed by atoms with Gasteiger partial charge in [0.1, 0.15) is 0 Å². The normalized spacial score (nSPS) is 27.9. The lowest BCUT2D eigenvalue weighted by Gasteiger charge is -2.46. The van der Waals surface area contributed by atoms with E-state index < -0.39 is 5.92 Å². The molecule has 2 aliphatic heterocycles. The van der Waals surface area contributed by atoms with E-state index in [0.717, 1.165) is 32.5 Å². The highest BCUT2D eigenvalue weighted by atomic mass is 19.3. The van der Waals surface area contributed by atoms with Crippen LogP contribution < -0.4 is 0 Å². The van der Waals surface area contributed by atoms with Gasteiger partial charge in [-0.15, -0.1) is 0 Å². The average molecular weight is 248 g/mol. The fourth-order valence-corrected chi connectivity index (χ4v) is 2.58. The quantitative estimate of drug-likeness (QED) is 0.741. The second kappa shape index (κ2) is 5.61. The molecule has 2 nitrogen and oxygen atoms in total. The monoisotopic (exact) mass is 248 g/mol. The molecule has 0 spiro atoms. The van der Waals surface area contributed by atoms with E-state index in [2.05, 4.69) is 18.9 Å². The number of hydrogen-bond donors (Lipinski definition) is 0. The molecule has 0 saturated carbocycles. The van der Waals surface area contributed by atoms with Crippen molar-refractivity contribution in [2.45, 2.75) is 39.5 Å². The molecule has 2 saturated heterocycles. The molecule has 2 heterocycles. The fraction of sp³-hybridized carbons (Fsp3) is 1.00. The molecule has 0 aromatic heterocycles. The molecule has 2 rings (SSSR count). The lowest BCUT2D eigenvalue weighted by atomic mass is 9.79. The Bertz CT molecular complexity index is 228. The zero-order chi connectivity index (χ0) is 13.1. The van der Waals surface area contributed by atoms with Gasteiger partial charge in [-0.1, -0.05) is 20.8 Å². The maximum atomic E-state index is 12.7. The lowest BCUT2D eigenvalue weighted by Crippen LogP contribution is -2.59. The number of rotatable bonds is 2. The number of halogens is 2. The molecule has 0 atom stereocenters. The molecule has 0 unspecified atom stereocenters. The Hall–Kier alpha value is -0.220. The Balaban J connectivity index is 0.000000686. The topological polar surface area (TPSA) is 6.48 Å². The summed E-state index contributed by atoms with van der Waals surface area (Å²) in [4.78, 5) is 4.21. The molecule has 2 aliphatic rings. The summed E-state index contributed by atoms with van der Waals surface area (Å²) in [6.45, 7) is 9.21. The zero-order valence-corrected chi connectivity index (χ0v) is 11.6. The minimum absolute atomic E-state index is 0.0293. The van der Waals surface area contributed by atoms with Crippen LogP contribution in [0.25, 0.3) is 0 Å². The second-order valence-electron chi connectivity index (χ2n) is 5.62. The molecule has 2 fully saturated rings. The molecular formula is C13H26F2N2. The smallest absolute Gasteiger partial charge is 0.272 e. The summed E-state index contributed by atoms with van der Waals surface area (Å²) in [5.41, 5.74) is 0.253. The summed E-state index contributed by atoms with van der Waals surface area (Å²) >= 11 is 0. The van der Waals surface area contributed by atoms with Gasteiger partial charge in [-0.2, -0.15) is 0 Å². The molecular weight excluding hydrogens is 222 g/mol. The molecule has 4 heteroatoms. The Labute approximate surface area is 104 Å². The Kier molecular flexibility index (Phi) is 4.90. The minimum Gasteiger partial charge on any atom is -0.306 e. The van der Waals surface area contributed by atoms with E-state index in [1.807, 2.05) is 18.7 Å². The maximum Gasteiger partial charge on any atom is 0.272 e. The van der Waals surface area contributed by atoms with E-state index in [9.17, 15) is 8.78 Å². The number of alkyl halides is 2. The van der Waals surface area contributed by atoms with Crippen LogP contribution in [-0.2, 0) is 0 Å². The second-order valence-corrected chi connectivity index (χ2v) is 5.62. The first-order valence-electron chi connectivity index (χ1n) is 6.67. The van der Waals surface area contributed by atoms with E-state index in [1.165, 1.54) is 0 Å². The highest BCUT2D eigenvalue weighted by Gasteiger charge is 2.46. The summed E-state index contributed by atoms with van der Waals surface area (Å²) in [6, 6.07) is 0. The van der Waals surface area contributed by atoms with Crippen molar-refractivity contribution in [2.24, 2.45) is 5.41 Å². The first kappa shape index (κ1) is 14.8. The number of likely N-dealkylation sites (tertiary alicyclic amines) is 2. The molecule has 0 aromatic rings. The number of nitrogens with zero attached hydrogens (tertiary/aromatic N) is 2. The third-order valence-electron chi connectivity index (χ3n) is 3.71. The molecule has 17 heavy (non-hydrogen) atoms. The van der Waals surface area contributed by atoms with Gasteiger partial charge in [-0.05, 0) is 38.4 Å². The van der Waals surface area contributed by atoms with Crippen LogP contribution in [0.15, 0.2) is 0 Å². The highest BCUT2D eigenvalue weighted by Crippen LogP contribution is 2.35. The molecule has 0 radical (unpaired) electrons. The van der Waals surface area contributed by atoms with E-state index in [1.54, 1.807) is 0 Å². The third-order valence-corrected chi connectivity index (χ3v) is 3.71. The summed E-state index contributed by atoms with van der Waals surface area (Å²) in [7, 11) is 2.12. The van der Waals surface area contributed by atoms with Gasteiger partial charge < -0.3 is 4.90 Å². The van der Waals surface area contributed by atoms with Crippen LogP contribution in [0.4, 0.5) is 8.78 Å². The predicted molar refractivity (Wildman–Crippen MR) is 67.6 cm³/mol. The van der Waals surface area contributed by atoms with Crippen LogP contribution in [0, 0.1) is 5.41 Å². The van der Waals surface area contributed by atoms with Gasteiger partial charge in [0.25, 0.3) is 5.92 Å². The van der Waals surface area contributed by atoms with Gasteiger partial charge in [0.05, 0.1) is 13.1 Å². The van der Waals surface area contributed by atoms with E-state index in [-0.39, 0.29) is 18.5 Å². The maximum absolute atomic E-state index is 12.7. The van der Waals surface area contributed by atoms with Crippen molar-refractivity contribution in [3.63, 3.8) is 0 Å². The van der Waals surface area contributed by atoms with Crippen LogP contribution in [0.2, 0.25) is 0 Å². The van der Waals surface area contributed by atoms with E-state index in [0.29, 0.717) is 0 Å². The summed E-state index contributed by atoms with van der Waals surface area (Å²) in [5.74, 6) is -2.41. The zero-order valence-electron chi connectivity index (χ0n) is 11.6. The Morgan fingerprint density at radius 3 is 1.94 bits per heavy atom. The molecule has 0 bridgehead atoms. The van der Waals surface area contributed by atoms with Crippen LogP contribution >= 0.6 is 0 Å². The molecule has 0 aromatic carbocycles. The van der Waals surface area contributed by atoms with Crippen LogP contribution in [0.1, 0.15) is 33.6 Å². The first-order chi connectivity index (χ1) is 7.89. The Morgan fingerprint density at radius 2 is 1.53 bits per heavy atom. The van der Waals surface area contributed by atoms with Gasteiger partial charge >= 0.3 is 0 Å². The minimum atomic E-state index is -2.41. The van der Waals surface area contributed by atoms with Crippen LogP contribution in [0.3, 0.4) is 0 Å². The van der Waals surface area contributed by atoms with Crippen molar-refractivity contribution >= 4 is 0 Å². The largest absolute Gasteiger partial charge is 0.306 e. The summed E-state index contributed by atoms with van der Waals surface area (Å²) in [6.07, 6.45) is 2.26. The SMILES string of the molecule is CC.CN1CCC(C)(CN2CC(F)(F)C2)CC1. The summed E-state index contributed by atoms with van der Waals surface area (Å²) < 4.78 is 25.4. The van der Waals surface area contributed by atoms with Crippen molar-refractivity contribution in [3.8, 4) is 0 Å². The molecule has 0 aliphatic carbocycles. The fourth-order valence-electron chi connectivity index (χ4n) is 2.58.